The van der Waals surface area contributed by atoms with E-state index in [1.807, 2.05) is 0 Å². The summed E-state index contributed by atoms with van der Waals surface area (Å²) in [5.41, 5.74) is 14.2. The van der Waals surface area contributed by atoms with Gasteiger partial charge in [0.05, 0.1) is 41.2 Å². The van der Waals surface area contributed by atoms with E-state index in [1.54, 1.807) is 0 Å². The summed E-state index contributed by atoms with van der Waals surface area (Å²) >= 11 is 0. The average Bonchev–Trinajstić information content (AvgIpc) is 3.92. The third-order valence-electron chi connectivity index (χ3n) is 12.3. The number of anilines is 6. The van der Waals surface area contributed by atoms with Crippen LogP contribution in [0.15, 0.2) is 212 Å². The van der Waals surface area contributed by atoms with Crippen molar-refractivity contribution in [2.75, 3.05) is 20.4 Å². The van der Waals surface area contributed by atoms with Crippen molar-refractivity contribution in [3.63, 3.8) is 0 Å². The second-order valence-electron chi connectivity index (χ2n) is 16.0. The highest BCUT2D eigenvalue weighted by atomic mass is 15.4. The maximum atomic E-state index is 4.06. The summed E-state index contributed by atoms with van der Waals surface area (Å²) < 4.78 is 0. The lowest BCUT2D eigenvalue weighted by Crippen LogP contribution is -2.61. The zero-order valence-corrected chi connectivity index (χ0v) is 33.2. The van der Waals surface area contributed by atoms with Crippen LogP contribution in [0.3, 0.4) is 0 Å². The number of hydrogen-bond donors (Lipinski definition) is 5. The molecule has 0 spiro atoms. The Morgan fingerprint density at radius 3 is 1.63 bits per heavy atom. The van der Waals surface area contributed by atoms with Crippen LogP contribution in [0.2, 0.25) is 0 Å². The fourth-order valence-electron chi connectivity index (χ4n) is 9.39. The molecule has 11 rings (SSSR count). The third kappa shape index (κ3) is 6.82. The van der Waals surface area contributed by atoms with Crippen LogP contribution in [-0.2, 0) is 0 Å². The van der Waals surface area contributed by atoms with Crippen LogP contribution in [-0.4, -0.2) is 12.3 Å². The van der Waals surface area contributed by atoms with Crippen molar-refractivity contribution in [2.45, 2.75) is 37.2 Å². The Morgan fingerprint density at radius 1 is 0.433 bits per heavy atom. The Balaban J connectivity index is 0.933. The molecule has 1 saturated heterocycles. The molecule has 3 heterocycles. The highest BCUT2D eigenvalue weighted by Gasteiger charge is 2.37. The summed E-state index contributed by atoms with van der Waals surface area (Å²) in [4.78, 5) is 4.84. The highest BCUT2D eigenvalue weighted by Crippen LogP contribution is 2.47. The number of para-hydroxylation sites is 6. The predicted molar refractivity (Wildman–Crippen MR) is 246 cm³/mol. The van der Waals surface area contributed by atoms with E-state index in [0.29, 0.717) is 0 Å². The number of hydrogen-bond acceptors (Lipinski definition) is 7. The molecule has 0 radical (unpaired) electrons. The first-order valence-corrected chi connectivity index (χ1v) is 21.0. The monoisotopic (exact) mass is 781 g/mol. The van der Waals surface area contributed by atoms with Gasteiger partial charge in [-0.25, -0.2) is 0 Å². The smallest absolute Gasteiger partial charge is 0.130 e. The molecule has 294 valence electrons. The normalized spacial score (nSPS) is 23.0. The van der Waals surface area contributed by atoms with Crippen molar-refractivity contribution in [3.8, 4) is 11.1 Å². The van der Waals surface area contributed by atoms with Crippen molar-refractivity contribution in [3.05, 3.63) is 229 Å². The minimum absolute atomic E-state index is 0.0257. The molecule has 6 unspecified atom stereocenters. The molecule has 0 bridgehead atoms. The molecule has 6 atom stereocenters. The van der Waals surface area contributed by atoms with Crippen LogP contribution in [0.25, 0.3) is 11.1 Å². The highest BCUT2D eigenvalue weighted by molar-refractivity contribution is 5.85. The fourth-order valence-corrected chi connectivity index (χ4v) is 9.39. The lowest BCUT2D eigenvalue weighted by atomic mass is 9.90. The summed E-state index contributed by atoms with van der Waals surface area (Å²) in [6, 6.07) is 67.3. The van der Waals surface area contributed by atoms with Crippen LogP contribution >= 0.6 is 0 Å². The number of nitrogens with one attached hydrogen (secondary N) is 5. The molecule has 3 aliphatic heterocycles. The molecule has 5 N–H and O–H groups in total. The van der Waals surface area contributed by atoms with Crippen molar-refractivity contribution in [2.24, 2.45) is 5.92 Å². The first-order valence-electron chi connectivity index (χ1n) is 21.0. The fraction of sp³-hybridized carbons (Fsp3) is 0.132. The van der Waals surface area contributed by atoms with Gasteiger partial charge in [-0.2, -0.15) is 0 Å². The number of benzene rings is 7. The van der Waals surface area contributed by atoms with E-state index in [-0.39, 0.29) is 36.7 Å². The summed E-state index contributed by atoms with van der Waals surface area (Å²) in [5.74, 6) is 0.187. The van der Waals surface area contributed by atoms with Gasteiger partial charge in [-0.15, -0.1) is 0 Å². The standard InChI is InChI=1S/C53H47N7/c1-4-16-36(17-5-1)37-30-32-38(33-31-37)49-56-50(39-18-14-20-41(34-39)52-54-45-26-10-12-28-47(45)59(52)43-22-6-2-7-23-43)58-51(57-49)40-19-15-21-42(35-40)53-55-46-27-11-13-29-48(46)60(53)44-24-8-3-9-25-44/h1-18,20-35,40,49-58H,19H2. The van der Waals surface area contributed by atoms with Gasteiger partial charge in [0, 0.05) is 17.3 Å². The van der Waals surface area contributed by atoms with Crippen LogP contribution in [0, 0.1) is 5.92 Å². The van der Waals surface area contributed by atoms with Gasteiger partial charge in [-0.05, 0) is 94.4 Å². The minimum atomic E-state index is -0.124. The van der Waals surface area contributed by atoms with E-state index < -0.39 is 0 Å². The predicted octanol–water partition coefficient (Wildman–Crippen LogP) is 11.5. The molecule has 4 aliphatic rings. The lowest BCUT2D eigenvalue weighted by molar-refractivity contribution is 0.170. The van der Waals surface area contributed by atoms with E-state index in [4.69, 9.17) is 0 Å². The molecular weight excluding hydrogens is 735 g/mol. The van der Waals surface area contributed by atoms with Gasteiger partial charge < -0.3 is 20.4 Å². The van der Waals surface area contributed by atoms with Crippen LogP contribution in [0.1, 0.15) is 41.6 Å². The Hall–Kier alpha value is -6.90. The van der Waals surface area contributed by atoms with Gasteiger partial charge in [0.1, 0.15) is 12.3 Å². The SMILES string of the molecule is C1=CC(C2Nc3ccccc3N2c2ccccc2)=CC(C2NC(c3ccc(-c4ccccc4)cc3)NC(c3cccc(C4Nc5ccccc5N4c4ccccc4)c3)N2)C1. The van der Waals surface area contributed by atoms with Crippen LogP contribution < -0.4 is 36.4 Å². The van der Waals surface area contributed by atoms with E-state index in [0.717, 1.165) is 23.5 Å². The Kier molecular flexibility index (Phi) is 9.47. The van der Waals surface area contributed by atoms with Gasteiger partial charge >= 0.3 is 0 Å². The Morgan fingerprint density at radius 2 is 0.967 bits per heavy atom. The van der Waals surface area contributed by atoms with Crippen molar-refractivity contribution >= 4 is 34.1 Å². The van der Waals surface area contributed by atoms with Crippen molar-refractivity contribution in [1.82, 2.24) is 16.0 Å². The maximum Gasteiger partial charge on any atom is 0.130 e. The molecule has 1 fully saturated rings. The maximum absolute atomic E-state index is 4.06. The van der Waals surface area contributed by atoms with E-state index in [1.165, 1.54) is 50.5 Å². The first-order chi connectivity index (χ1) is 29.7. The van der Waals surface area contributed by atoms with Gasteiger partial charge in [0.25, 0.3) is 0 Å². The lowest BCUT2D eigenvalue weighted by Gasteiger charge is -2.43. The number of rotatable bonds is 8. The zero-order chi connectivity index (χ0) is 39.8. The van der Waals surface area contributed by atoms with Gasteiger partial charge in [0.15, 0.2) is 0 Å². The molecule has 7 heteroatoms. The number of fused-ring (bicyclic) bond motifs is 2. The van der Waals surface area contributed by atoms with Gasteiger partial charge in [-0.1, -0.05) is 152 Å². The summed E-state index contributed by atoms with van der Waals surface area (Å²) in [7, 11) is 0. The third-order valence-corrected chi connectivity index (χ3v) is 12.3. The second kappa shape index (κ2) is 15.7. The van der Waals surface area contributed by atoms with E-state index in [9.17, 15) is 0 Å². The molecule has 0 amide bonds. The average molecular weight is 782 g/mol. The molecule has 60 heavy (non-hydrogen) atoms. The molecular formula is C53H47N7. The van der Waals surface area contributed by atoms with Gasteiger partial charge in [-0.3, -0.25) is 16.0 Å². The van der Waals surface area contributed by atoms with Crippen molar-refractivity contribution < 1.29 is 0 Å². The Labute approximate surface area is 352 Å². The molecule has 0 saturated carbocycles. The summed E-state index contributed by atoms with van der Waals surface area (Å²) in [6.07, 6.45) is 7.72. The molecule has 7 aromatic carbocycles. The Bertz CT molecular complexity index is 2660. The van der Waals surface area contributed by atoms with E-state index >= 15 is 0 Å². The zero-order valence-electron chi connectivity index (χ0n) is 33.2. The quantitative estimate of drug-likeness (QED) is 0.105. The topological polar surface area (TPSA) is 66.6 Å². The number of allylic oxidation sites excluding steroid dienone is 1. The van der Waals surface area contributed by atoms with E-state index in [2.05, 4.69) is 243 Å². The summed E-state index contributed by atoms with van der Waals surface area (Å²) in [5, 5.41) is 19.8. The largest absolute Gasteiger partial charge is 0.359 e. The molecule has 1 aliphatic carbocycles. The number of nitrogens with zero attached hydrogens (tertiary/aromatic N) is 2. The molecule has 7 nitrogen and oxygen atoms in total. The minimum Gasteiger partial charge on any atom is -0.359 e. The second-order valence-corrected chi connectivity index (χ2v) is 16.0. The molecule has 7 aromatic rings. The molecule has 0 aromatic heterocycles. The van der Waals surface area contributed by atoms with Gasteiger partial charge in [0.2, 0.25) is 0 Å². The summed E-state index contributed by atoms with van der Waals surface area (Å²) in [6.45, 7) is 0. The van der Waals surface area contributed by atoms with Crippen LogP contribution in [0.4, 0.5) is 34.1 Å². The van der Waals surface area contributed by atoms with Crippen molar-refractivity contribution in [1.29, 1.82) is 0 Å². The van der Waals surface area contributed by atoms with Crippen LogP contribution in [0.5, 0.6) is 0 Å². The first kappa shape index (κ1) is 36.2.